The van der Waals surface area contributed by atoms with Crippen molar-refractivity contribution in [2.45, 2.75) is 19.4 Å². The lowest BCUT2D eigenvalue weighted by Gasteiger charge is -2.06. The monoisotopic (exact) mass is 637 g/mol. The molecule has 0 aliphatic carbocycles. The fourth-order valence-electron chi connectivity index (χ4n) is 4.85. The minimum absolute atomic E-state index is 0.00509. The van der Waals surface area contributed by atoms with Crippen molar-refractivity contribution >= 4 is 50.8 Å². The van der Waals surface area contributed by atoms with Crippen LogP contribution in [0, 0.1) is 17.1 Å². The van der Waals surface area contributed by atoms with E-state index in [1.165, 1.54) is 6.07 Å². The molecule has 6 aromatic rings. The molecule has 7 rings (SSSR count). The van der Waals surface area contributed by atoms with E-state index in [-0.39, 0.29) is 5.56 Å². The van der Waals surface area contributed by atoms with Crippen molar-refractivity contribution in [1.82, 2.24) is 19.9 Å². The number of hydrogen-bond donors (Lipinski definition) is 3. The van der Waals surface area contributed by atoms with Gasteiger partial charge in [-0.2, -0.15) is 5.26 Å². The molecule has 12 heteroatoms. The molecule has 45 heavy (non-hydrogen) atoms. The summed E-state index contributed by atoms with van der Waals surface area (Å²) in [6.07, 6.45) is 7.46. The average Bonchev–Trinajstić information content (AvgIpc) is 3.42. The summed E-state index contributed by atoms with van der Waals surface area (Å²) in [6, 6.07) is 21.0. The van der Waals surface area contributed by atoms with Crippen molar-refractivity contribution in [1.29, 1.82) is 5.26 Å². The van der Waals surface area contributed by atoms with Crippen LogP contribution in [0.25, 0.3) is 21.8 Å². The third kappa shape index (κ3) is 7.55. The number of pyridine rings is 4. The van der Waals surface area contributed by atoms with Gasteiger partial charge in [0.15, 0.2) is 5.82 Å². The number of hydrogen-bond acceptors (Lipinski definition) is 9. The van der Waals surface area contributed by atoms with Gasteiger partial charge in [0.05, 0.1) is 39.4 Å². The first-order valence-corrected chi connectivity index (χ1v) is 14.3. The van der Waals surface area contributed by atoms with E-state index in [1.807, 2.05) is 54.7 Å². The van der Waals surface area contributed by atoms with Gasteiger partial charge in [-0.15, -0.1) is 0 Å². The van der Waals surface area contributed by atoms with Crippen molar-refractivity contribution < 1.29 is 4.39 Å². The second-order valence-corrected chi connectivity index (χ2v) is 10.9. The first-order chi connectivity index (χ1) is 21.8. The maximum atomic E-state index is 13.3. The molecular formula is C33H26Cl2FN9. The van der Waals surface area contributed by atoms with Crippen LogP contribution in [0.15, 0.2) is 90.4 Å². The van der Waals surface area contributed by atoms with Gasteiger partial charge in [-0.3, -0.25) is 36.6 Å². The predicted octanol–water partition coefficient (Wildman–Crippen LogP) is 5.80. The molecule has 2 aromatic carbocycles. The molecule has 1 aliphatic heterocycles. The van der Waals surface area contributed by atoms with Crippen LogP contribution in [0.5, 0.6) is 0 Å². The molecule has 0 atom stereocenters. The van der Waals surface area contributed by atoms with Crippen LogP contribution >= 0.6 is 23.2 Å². The summed E-state index contributed by atoms with van der Waals surface area (Å²) in [4.78, 5) is 21.3. The first-order valence-electron chi connectivity index (χ1n) is 13.6. The molecule has 0 bridgehead atoms. The minimum Gasteiger partial charge on any atom is -0.383 e. The van der Waals surface area contributed by atoms with Gasteiger partial charge >= 0.3 is 0 Å². The number of nitrogens with two attached hydrogens (primary N) is 3. The third-order valence-electron chi connectivity index (χ3n) is 6.97. The van der Waals surface area contributed by atoms with Crippen molar-refractivity contribution in [2.24, 2.45) is 22.4 Å². The van der Waals surface area contributed by atoms with Gasteiger partial charge in [-0.05, 0) is 59.7 Å². The Morgan fingerprint density at radius 1 is 0.733 bits per heavy atom. The highest BCUT2D eigenvalue weighted by molar-refractivity contribution is 6.31. The predicted molar refractivity (Wildman–Crippen MR) is 175 cm³/mol. The van der Waals surface area contributed by atoms with Gasteiger partial charge < -0.3 is 5.73 Å². The van der Waals surface area contributed by atoms with Gasteiger partial charge in [-0.25, -0.2) is 4.39 Å². The minimum atomic E-state index is -0.601. The van der Waals surface area contributed by atoms with E-state index in [0.717, 1.165) is 62.4 Å². The zero-order valence-electron chi connectivity index (χ0n) is 23.8. The van der Waals surface area contributed by atoms with Crippen LogP contribution in [-0.2, 0) is 19.4 Å². The molecule has 0 unspecified atom stereocenters. The van der Waals surface area contributed by atoms with E-state index < -0.39 is 5.82 Å². The van der Waals surface area contributed by atoms with Crippen molar-refractivity contribution in [3.8, 4) is 6.07 Å². The molecule has 5 heterocycles. The number of aliphatic imine (C=N–C) groups is 1. The van der Waals surface area contributed by atoms with E-state index in [4.69, 9.17) is 34.2 Å². The maximum absolute atomic E-state index is 13.3. The van der Waals surface area contributed by atoms with E-state index in [9.17, 15) is 4.39 Å². The fraction of sp³-hybridized carbons (Fsp3) is 0.0909. The smallest absolute Gasteiger partial charge is 0.159 e. The standard InChI is InChI=1S/C17H13ClN4.C16H9ClFN3.H4N2/c18-13-5-11-3-10(1-2-16(11)21-9-13)4-14-6-15-12(7-20-14)8-22-17(15)19;17-13-5-11-3-10(1-2-16(11)21-8-13)4-14-6-12(7-19)15(18)9-20-14;1-2/h1-3,5-7,9H,4,8H2,(H2,19,22);1-3,5-6,8-9H,4H2;1-2H2. The quantitative estimate of drug-likeness (QED) is 0.161. The molecule has 0 spiro atoms. The number of benzene rings is 2. The van der Waals surface area contributed by atoms with E-state index in [1.54, 1.807) is 12.4 Å². The topological polar surface area (TPSA) is 166 Å². The second kappa shape index (κ2) is 14.2. The summed E-state index contributed by atoms with van der Waals surface area (Å²) in [6.45, 7) is 0.634. The number of nitrogens with zero attached hydrogens (tertiary/aromatic N) is 6. The summed E-state index contributed by atoms with van der Waals surface area (Å²) in [5.41, 5.74) is 13.6. The van der Waals surface area contributed by atoms with Crippen molar-refractivity contribution in [2.75, 3.05) is 0 Å². The lowest BCUT2D eigenvalue weighted by atomic mass is 10.0. The highest BCUT2D eigenvalue weighted by atomic mass is 35.5. The van der Waals surface area contributed by atoms with E-state index in [2.05, 4.69) is 48.7 Å². The Morgan fingerprint density at radius 2 is 1.29 bits per heavy atom. The van der Waals surface area contributed by atoms with Gasteiger partial charge in [0.25, 0.3) is 0 Å². The number of hydrazine groups is 1. The zero-order valence-corrected chi connectivity index (χ0v) is 25.3. The Morgan fingerprint density at radius 3 is 1.87 bits per heavy atom. The molecule has 0 saturated carbocycles. The molecule has 0 radical (unpaired) electrons. The maximum Gasteiger partial charge on any atom is 0.159 e. The van der Waals surface area contributed by atoms with Crippen molar-refractivity contribution in [3.05, 3.63) is 141 Å². The molecule has 1 aliphatic rings. The molecular weight excluding hydrogens is 612 g/mol. The highest BCUT2D eigenvalue weighted by Crippen LogP contribution is 2.22. The van der Waals surface area contributed by atoms with Crippen LogP contribution in [0.3, 0.4) is 0 Å². The van der Waals surface area contributed by atoms with E-state index >= 15 is 0 Å². The molecule has 224 valence electrons. The molecule has 0 saturated heterocycles. The number of fused-ring (bicyclic) bond motifs is 3. The molecule has 9 nitrogen and oxygen atoms in total. The molecule has 4 aromatic heterocycles. The van der Waals surface area contributed by atoms with Crippen LogP contribution in [-0.4, -0.2) is 25.8 Å². The first kappa shape index (κ1) is 31.4. The Hall–Kier alpha value is -5.05. The molecule has 6 N–H and O–H groups in total. The Kier molecular flexibility index (Phi) is 9.87. The van der Waals surface area contributed by atoms with Gasteiger partial charge in [-0.1, -0.05) is 35.3 Å². The number of aromatic nitrogens is 4. The normalized spacial score (nSPS) is 11.5. The summed E-state index contributed by atoms with van der Waals surface area (Å²) in [5.74, 6) is 8.00. The SMILES string of the molecule is N#Cc1cc(Cc2ccc3ncc(Cl)cc3c2)ncc1F.NC1=NCc2cnc(Cc3ccc4ncc(Cl)cc4c3)cc21.NN. The third-order valence-corrected chi connectivity index (χ3v) is 7.38. The summed E-state index contributed by atoms with van der Waals surface area (Å²) in [5, 5.41) is 12.0. The van der Waals surface area contributed by atoms with Gasteiger partial charge in [0.1, 0.15) is 11.9 Å². The van der Waals surface area contributed by atoms with Gasteiger partial charge in [0, 0.05) is 64.7 Å². The molecule has 0 fully saturated rings. The van der Waals surface area contributed by atoms with Crippen LogP contribution in [0.1, 0.15) is 39.2 Å². The van der Waals surface area contributed by atoms with Crippen LogP contribution in [0.4, 0.5) is 4.39 Å². The summed E-state index contributed by atoms with van der Waals surface area (Å²) in [7, 11) is 0. The lowest BCUT2D eigenvalue weighted by Crippen LogP contribution is -2.11. The summed E-state index contributed by atoms with van der Waals surface area (Å²) >= 11 is 11.9. The highest BCUT2D eigenvalue weighted by Gasteiger charge is 2.14. The Labute approximate surface area is 268 Å². The Balaban J connectivity index is 0.000000169. The fourth-order valence-corrected chi connectivity index (χ4v) is 5.19. The zero-order chi connectivity index (χ0) is 31.9. The second-order valence-electron chi connectivity index (χ2n) is 10.0. The van der Waals surface area contributed by atoms with Crippen LogP contribution in [0.2, 0.25) is 10.0 Å². The van der Waals surface area contributed by atoms with Gasteiger partial charge in [0.2, 0.25) is 0 Å². The lowest BCUT2D eigenvalue weighted by molar-refractivity contribution is 0.615. The number of rotatable bonds is 4. The number of amidine groups is 1. The number of halogens is 3. The largest absolute Gasteiger partial charge is 0.383 e. The number of nitriles is 1. The Bertz CT molecular complexity index is 2090. The molecule has 0 amide bonds. The summed E-state index contributed by atoms with van der Waals surface area (Å²) < 4.78 is 13.3. The van der Waals surface area contributed by atoms with Crippen molar-refractivity contribution in [3.63, 3.8) is 0 Å². The average molecular weight is 639 g/mol. The van der Waals surface area contributed by atoms with E-state index in [0.29, 0.717) is 34.5 Å². The van der Waals surface area contributed by atoms with Crippen LogP contribution < -0.4 is 17.4 Å².